The fourth-order valence-corrected chi connectivity index (χ4v) is 1.80. The lowest BCUT2D eigenvalue weighted by molar-refractivity contribution is -0.115. The summed E-state index contributed by atoms with van der Waals surface area (Å²) in [6.45, 7) is 3.77. The maximum Gasteiger partial charge on any atom is 0.323 e. The van der Waals surface area contributed by atoms with Crippen molar-refractivity contribution in [3.05, 3.63) is 34.2 Å². The lowest BCUT2D eigenvalue weighted by Gasteiger charge is -2.03. The van der Waals surface area contributed by atoms with Gasteiger partial charge in [0.25, 0.3) is 0 Å². The predicted molar refractivity (Wildman–Crippen MR) is 67.7 cm³/mol. The number of Topliss-reactive ketones (excluding diaryl/α,β-unsaturated/α-hetero) is 2. The second-order valence-electron chi connectivity index (χ2n) is 4.69. The van der Waals surface area contributed by atoms with Crippen molar-refractivity contribution in [3.63, 3.8) is 0 Å². The zero-order valence-electron chi connectivity index (χ0n) is 10.2. The molecule has 0 aliphatic heterocycles. The van der Waals surface area contributed by atoms with Crippen LogP contribution in [0.15, 0.2) is 23.0 Å². The van der Waals surface area contributed by atoms with Crippen LogP contribution >= 0.6 is 0 Å². The van der Waals surface area contributed by atoms with Gasteiger partial charge in [-0.2, -0.15) is 0 Å². The fourth-order valence-electron chi connectivity index (χ4n) is 1.80. The number of benzene rings is 1. The summed E-state index contributed by atoms with van der Waals surface area (Å²) in [5.41, 5.74) is 1.13. The molecular formula is C13H14N2O3. The smallest absolute Gasteiger partial charge is 0.306 e. The summed E-state index contributed by atoms with van der Waals surface area (Å²) in [4.78, 5) is 39.8. The monoisotopic (exact) mass is 246 g/mol. The van der Waals surface area contributed by atoms with Crippen LogP contribution in [-0.4, -0.2) is 21.5 Å². The highest BCUT2D eigenvalue weighted by Crippen LogP contribution is 2.12. The molecule has 0 unspecified atom stereocenters. The Morgan fingerprint density at radius 2 is 1.83 bits per heavy atom. The topological polar surface area (TPSA) is 82.8 Å². The lowest BCUT2D eigenvalue weighted by atomic mass is 10.00. The van der Waals surface area contributed by atoms with E-state index in [2.05, 4.69) is 9.97 Å². The van der Waals surface area contributed by atoms with E-state index in [1.165, 1.54) is 6.07 Å². The number of fused-ring (bicyclic) bond motifs is 1. The van der Waals surface area contributed by atoms with E-state index in [4.69, 9.17) is 0 Å². The van der Waals surface area contributed by atoms with E-state index in [-0.39, 0.29) is 18.0 Å². The number of ketones is 2. The number of H-pyrrole nitrogens is 2. The fraction of sp³-hybridized carbons (Fsp3) is 0.308. The summed E-state index contributed by atoms with van der Waals surface area (Å²) in [6, 6.07) is 4.68. The number of nitrogens with one attached hydrogen (secondary N) is 2. The molecule has 0 spiro atoms. The Morgan fingerprint density at radius 1 is 1.17 bits per heavy atom. The Balaban J connectivity index is 2.33. The van der Waals surface area contributed by atoms with Gasteiger partial charge in [-0.1, -0.05) is 13.8 Å². The van der Waals surface area contributed by atoms with Crippen molar-refractivity contribution in [2.75, 3.05) is 0 Å². The first kappa shape index (κ1) is 12.3. The van der Waals surface area contributed by atoms with Crippen LogP contribution in [0.25, 0.3) is 11.0 Å². The van der Waals surface area contributed by atoms with Gasteiger partial charge in [0.2, 0.25) is 11.6 Å². The van der Waals surface area contributed by atoms with Crippen LogP contribution in [0.2, 0.25) is 0 Å². The summed E-state index contributed by atoms with van der Waals surface area (Å²) in [5, 5.41) is 0. The highest BCUT2D eigenvalue weighted by atomic mass is 16.2. The van der Waals surface area contributed by atoms with Gasteiger partial charge in [-0.3, -0.25) is 9.59 Å². The van der Waals surface area contributed by atoms with Crippen LogP contribution in [0.4, 0.5) is 0 Å². The van der Waals surface area contributed by atoms with Gasteiger partial charge < -0.3 is 9.97 Å². The largest absolute Gasteiger partial charge is 0.323 e. The first-order valence-electron chi connectivity index (χ1n) is 5.77. The molecule has 0 atom stereocenters. The Labute approximate surface area is 103 Å². The minimum atomic E-state index is -0.507. The molecule has 2 N–H and O–H groups in total. The molecule has 18 heavy (non-hydrogen) atoms. The summed E-state index contributed by atoms with van der Waals surface area (Å²) < 4.78 is 0. The molecule has 0 radical (unpaired) electrons. The Morgan fingerprint density at radius 3 is 2.50 bits per heavy atom. The molecule has 1 heterocycles. The van der Waals surface area contributed by atoms with Crippen LogP contribution in [0, 0.1) is 5.92 Å². The summed E-state index contributed by atoms with van der Waals surface area (Å²) in [7, 11) is 0. The summed E-state index contributed by atoms with van der Waals surface area (Å²) in [5.74, 6) is -0.757. The molecule has 5 nitrogen and oxygen atoms in total. The van der Waals surface area contributed by atoms with Gasteiger partial charge in [-0.15, -0.1) is 0 Å². The first-order valence-corrected chi connectivity index (χ1v) is 5.77. The van der Waals surface area contributed by atoms with Crippen LogP contribution < -0.4 is 5.69 Å². The van der Waals surface area contributed by atoms with Crippen molar-refractivity contribution in [1.82, 2.24) is 9.97 Å². The maximum atomic E-state index is 11.9. The van der Waals surface area contributed by atoms with Gasteiger partial charge in [0, 0.05) is 12.0 Å². The van der Waals surface area contributed by atoms with Crippen LogP contribution in [0.1, 0.15) is 30.6 Å². The SMILES string of the molecule is CC(C)CC(=O)C(=O)c1ccc2[nH]c(=O)[nH]c2c1. The molecule has 0 aliphatic carbocycles. The van der Waals surface area contributed by atoms with Crippen molar-refractivity contribution in [2.24, 2.45) is 5.92 Å². The van der Waals surface area contributed by atoms with E-state index in [0.717, 1.165) is 0 Å². The van der Waals surface area contributed by atoms with E-state index >= 15 is 0 Å². The van der Waals surface area contributed by atoms with Crippen LogP contribution in [0.5, 0.6) is 0 Å². The Hall–Kier alpha value is -2.17. The minimum Gasteiger partial charge on any atom is -0.306 e. The van der Waals surface area contributed by atoms with Crippen molar-refractivity contribution < 1.29 is 9.59 Å². The standard InChI is InChI=1S/C13H14N2O3/c1-7(2)5-11(16)12(17)8-3-4-9-10(6-8)15-13(18)14-9/h3-4,6-7H,5H2,1-2H3,(H2,14,15,18). The number of carbonyl (C=O) groups excluding carboxylic acids is 2. The van der Waals surface area contributed by atoms with Crippen molar-refractivity contribution >= 4 is 22.6 Å². The molecule has 94 valence electrons. The third-order valence-electron chi connectivity index (χ3n) is 2.63. The number of hydrogen-bond acceptors (Lipinski definition) is 3. The second-order valence-corrected chi connectivity index (χ2v) is 4.69. The van der Waals surface area contributed by atoms with E-state index in [1.54, 1.807) is 12.1 Å². The first-order chi connectivity index (χ1) is 8.47. The Bertz CT molecular complexity index is 664. The van der Waals surface area contributed by atoms with Gasteiger partial charge in [0.15, 0.2) is 0 Å². The molecule has 0 aliphatic rings. The predicted octanol–water partition coefficient (Wildman–Crippen LogP) is 1.65. The summed E-state index contributed by atoms with van der Waals surface area (Å²) >= 11 is 0. The van der Waals surface area contributed by atoms with E-state index in [0.29, 0.717) is 16.6 Å². The number of imidazole rings is 1. The zero-order valence-corrected chi connectivity index (χ0v) is 10.2. The van der Waals surface area contributed by atoms with Gasteiger partial charge in [0.05, 0.1) is 11.0 Å². The quantitative estimate of drug-likeness (QED) is 0.635. The van der Waals surface area contributed by atoms with Crippen LogP contribution in [0.3, 0.4) is 0 Å². The van der Waals surface area contributed by atoms with Gasteiger partial charge in [-0.25, -0.2) is 4.79 Å². The van der Waals surface area contributed by atoms with Crippen LogP contribution in [-0.2, 0) is 4.79 Å². The van der Waals surface area contributed by atoms with Crippen molar-refractivity contribution in [2.45, 2.75) is 20.3 Å². The van der Waals surface area contributed by atoms with Crippen molar-refractivity contribution in [1.29, 1.82) is 0 Å². The number of hydrogen-bond donors (Lipinski definition) is 2. The average molecular weight is 246 g/mol. The number of carbonyl (C=O) groups is 2. The van der Waals surface area contributed by atoms with E-state index < -0.39 is 11.6 Å². The molecule has 1 aromatic heterocycles. The second kappa shape index (κ2) is 4.60. The molecule has 2 aromatic rings. The molecule has 0 saturated carbocycles. The third-order valence-corrected chi connectivity index (χ3v) is 2.63. The number of aromatic amines is 2. The molecule has 0 amide bonds. The third kappa shape index (κ3) is 2.40. The number of aromatic nitrogens is 2. The zero-order chi connectivity index (χ0) is 13.3. The van der Waals surface area contributed by atoms with Gasteiger partial charge in [-0.05, 0) is 24.1 Å². The molecule has 0 saturated heterocycles. The molecule has 5 heteroatoms. The molecule has 0 bridgehead atoms. The maximum absolute atomic E-state index is 11.9. The lowest BCUT2D eigenvalue weighted by Crippen LogP contribution is -2.16. The number of rotatable bonds is 4. The highest BCUT2D eigenvalue weighted by molar-refractivity contribution is 6.43. The minimum absolute atomic E-state index is 0.150. The molecular weight excluding hydrogens is 232 g/mol. The average Bonchev–Trinajstić information content (AvgIpc) is 2.65. The van der Waals surface area contributed by atoms with E-state index in [9.17, 15) is 14.4 Å². The van der Waals surface area contributed by atoms with Gasteiger partial charge >= 0.3 is 5.69 Å². The summed E-state index contributed by atoms with van der Waals surface area (Å²) in [6.07, 6.45) is 0.237. The molecule has 0 fully saturated rings. The normalized spacial score (nSPS) is 11.1. The van der Waals surface area contributed by atoms with Crippen molar-refractivity contribution in [3.8, 4) is 0 Å². The molecule has 2 rings (SSSR count). The highest BCUT2D eigenvalue weighted by Gasteiger charge is 2.17. The Kier molecular flexibility index (Phi) is 3.14. The van der Waals surface area contributed by atoms with E-state index in [1.807, 2.05) is 13.8 Å². The van der Waals surface area contributed by atoms with Gasteiger partial charge in [0.1, 0.15) is 0 Å². The molecule has 1 aromatic carbocycles.